The van der Waals surface area contributed by atoms with E-state index >= 15 is 0 Å². The number of carbonyl (C=O) groups excluding carboxylic acids is 1. The summed E-state index contributed by atoms with van der Waals surface area (Å²) in [7, 11) is 0. The van der Waals surface area contributed by atoms with E-state index in [1.165, 1.54) is 0 Å². The van der Waals surface area contributed by atoms with E-state index in [9.17, 15) is 4.79 Å². The molecule has 0 aliphatic rings. The molecule has 0 aliphatic carbocycles. The van der Waals surface area contributed by atoms with E-state index in [1.807, 2.05) is 32.9 Å². The highest BCUT2D eigenvalue weighted by Gasteiger charge is 2.19. The fourth-order valence-corrected chi connectivity index (χ4v) is 1.33. The van der Waals surface area contributed by atoms with Crippen LogP contribution in [0.3, 0.4) is 0 Å². The Morgan fingerprint density at radius 3 is 2.71 bits per heavy atom. The van der Waals surface area contributed by atoms with Gasteiger partial charge in [-0.05, 0) is 25.0 Å². The van der Waals surface area contributed by atoms with Gasteiger partial charge >= 0.3 is 0 Å². The number of nitrogens with one attached hydrogen (secondary N) is 1. The topological polar surface area (TPSA) is 68.0 Å². The summed E-state index contributed by atoms with van der Waals surface area (Å²) in [6.07, 6.45) is 0.885. The lowest BCUT2D eigenvalue weighted by Gasteiger charge is -2.17. The summed E-state index contributed by atoms with van der Waals surface area (Å²) in [5.41, 5.74) is 6.69. The number of carbonyl (C=O) groups is 1. The van der Waals surface area contributed by atoms with Crippen LogP contribution in [-0.4, -0.2) is 16.9 Å². The van der Waals surface area contributed by atoms with Crippen LogP contribution in [0.1, 0.15) is 26.0 Å². The largest absolute Gasteiger partial charge is 0.320 e. The Bertz CT molecular complexity index is 371. The van der Waals surface area contributed by atoms with Gasteiger partial charge in [0.05, 0.1) is 6.04 Å². The summed E-state index contributed by atoms with van der Waals surface area (Å²) in [6, 6.07) is 5.01. The van der Waals surface area contributed by atoms with E-state index < -0.39 is 6.04 Å². The predicted octanol–water partition coefficient (Wildman–Crippen LogP) is 2.12. The van der Waals surface area contributed by atoms with E-state index in [0.717, 1.165) is 12.1 Å². The first-order chi connectivity index (χ1) is 7.54. The molecule has 96 valence electrons. The fourth-order valence-electron chi connectivity index (χ4n) is 1.33. The fraction of sp³-hybridized carbons (Fsp3) is 0.500. The van der Waals surface area contributed by atoms with Crippen LogP contribution in [0.2, 0.25) is 0 Å². The summed E-state index contributed by atoms with van der Waals surface area (Å²) < 4.78 is 0. The number of halogens is 1. The average molecular weight is 258 g/mol. The molecule has 17 heavy (non-hydrogen) atoms. The third-order valence-corrected chi connectivity index (χ3v) is 2.70. The van der Waals surface area contributed by atoms with Crippen molar-refractivity contribution in [3.8, 4) is 0 Å². The Hall–Kier alpha value is -1.13. The molecule has 3 N–H and O–H groups in total. The van der Waals surface area contributed by atoms with Crippen molar-refractivity contribution in [3.63, 3.8) is 0 Å². The number of hydrogen-bond donors (Lipinski definition) is 2. The molecule has 1 aromatic rings. The van der Waals surface area contributed by atoms with Gasteiger partial charge in [-0.15, -0.1) is 12.4 Å². The number of hydrogen-bond acceptors (Lipinski definition) is 3. The molecule has 2 unspecified atom stereocenters. The predicted molar refractivity (Wildman–Crippen MR) is 72.3 cm³/mol. The van der Waals surface area contributed by atoms with Gasteiger partial charge in [-0.3, -0.25) is 4.79 Å². The maximum atomic E-state index is 11.7. The van der Waals surface area contributed by atoms with Crippen LogP contribution in [0, 0.1) is 12.8 Å². The number of nitrogens with zero attached hydrogens (tertiary/aromatic N) is 1. The van der Waals surface area contributed by atoms with Crippen molar-refractivity contribution in [1.29, 1.82) is 0 Å². The highest BCUT2D eigenvalue weighted by atomic mass is 35.5. The zero-order chi connectivity index (χ0) is 12.1. The first-order valence-electron chi connectivity index (χ1n) is 5.54. The minimum Gasteiger partial charge on any atom is -0.320 e. The Morgan fingerprint density at radius 1 is 1.53 bits per heavy atom. The normalized spacial score (nSPS) is 13.4. The molecular weight excluding hydrogens is 238 g/mol. The second-order valence-electron chi connectivity index (χ2n) is 4.06. The second-order valence-corrected chi connectivity index (χ2v) is 4.06. The monoisotopic (exact) mass is 257 g/mol. The van der Waals surface area contributed by atoms with Crippen molar-refractivity contribution in [2.24, 2.45) is 11.7 Å². The first kappa shape index (κ1) is 15.9. The lowest BCUT2D eigenvalue weighted by molar-refractivity contribution is -0.118. The van der Waals surface area contributed by atoms with Crippen molar-refractivity contribution in [2.45, 2.75) is 33.2 Å². The van der Waals surface area contributed by atoms with Gasteiger partial charge in [0.25, 0.3) is 0 Å². The molecular formula is C12H20ClN3O. The summed E-state index contributed by atoms with van der Waals surface area (Å²) in [6.45, 7) is 5.86. The molecule has 1 heterocycles. The molecule has 2 atom stereocenters. The third-order valence-electron chi connectivity index (χ3n) is 2.70. The Balaban J connectivity index is 0.00000256. The molecule has 4 nitrogen and oxygen atoms in total. The highest BCUT2D eigenvalue weighted by Crippen LogP contribution is 2.09. The van der Waals surface area contributed by atoms with Crippen molar-refractivity contribution in [3.05, 3.63) is 23.9 Å². The van der Waals surface area contributed by atoms with Crippen LogP contribution in [0.4, 0.5) is 5.82 Å². The molecule has 0 aliphatic heterocycles. The lowest BCUT2D eigenvalue weighted by atomic mass is 9.99. The van der Waals surface area contributed by atoms with Gasteiger partial charge in [0.1, 0.15) is 5.82 Å². The lowest BCUT2D eigenvalue weighted by Crippen LogP contribution is -2.40. The minimum absolute atomic E-state index is 0. The molecule has 0 aromatic carbocycles. The van der Waals surface area contributed by atoms with Crippen molar-refractivity contribution >= 4 is 24.1 Å². The number of rotatable bonds is 4. The van der Waals surface area contributed by atoms with E-state index in [-0.39, 0.29) is 24.2 Å². The van der Waals surface area contributed by atoms with Gasteiger partial charge in [-0.2, -0.15) is 0 Å². The summed E-state index contributed by atoms with van der Waals surface area (Å²) in [5, 5.41) is 2.72. The quantitative estimate of drug-likeness (QED) is 0.868. The summed E-state index contributed by atoms with van der Waals surface area (Å²) in [5.74, 6) is 0.556. The third kappa shape index (κ3) is 4.71. The van der Waals surface area contributed by atoms with Gasteiger partial charge in [0.15, 0.2) is 0 Å². The molecule has 0 bridgehead atoms. The van der Waals surface area contributed by atoms with Crippen molar-refractivity contribution in [2.75, 3.05) is 5.32 Å². The summed E-state index contributed by atoms with van der Waals surface area (Å²) in [4.78, 5) is 15.9. The maximum absolute atomic E-state index is 11.7. The van der Waals surface area contributed by atoms with Gasteiger partial charge < -0.3 is 11.1 Å². The smallest absolute Gasteiger partial charge is 0.242 e. The molecule has 0 fully saturated rings. The van der Waals surface area contributed by atoms with Crippen LogP contribution in [0.5, 0.6) is 0 Å². The Labute approximate surface area is 108 Å². The molecule has 0 saturated carbocycles. The van der Waals surface area contributed by atoms with Crippen LogP contribution < -0.4 is 11.1 Å². The standard InChI is InChI=1S/C12H19N3O.ClH/c1-4-8(2)11(13)12(16)15-10-7-5-6-9(3)14-10;/h5-8,11H,4,13H2,1-3H3,(H,14,15,16);1H. The zero-order valence-corrected chi connectivity index (χ0v) is 11.3. The van der Waals surface area contributed by atoms with Crippen molar-refractivity contribution < 1.29 is 4.79 Å². The molecule has 5 heteroatoms. The molecule has 1 rings (SSSR count). The first-order valence-corrected chi connectivity index (χ1v) is 5.54. The number of nitrogens with two attached hydrogens (primary N) is 1. The molecule has 0 saturated heterocycles. The number of pyridine rings is 1. The molecule has 1 aromatic heterocycles. The zero-order valence-electron chi connectivity index (χ0n) is 10.4. The minimum atomic E-state index is -0.479. The highest BCUT2D eigenvalue weighted by molar-refractivity contribution is 5.94. The van der Waals surface area contributed by atoms with E-state index in [0.29, 0.717) is 5.82 Å². The number of aromatic nitrogens is 1. The number of amides is 1. The summed E-state index contributed by atoms with van der Waals surface area (Å²) >= 11 is 0. The van der Waals surface area contributed by atoms with Gasteiger partial charge in [0, 0.05) is 5.69 Å². The SMILES string of the molecule is CCC(C)C(N)C(=O)Nc1cccc(C)n1.Cl. The van der Waals surface area contributed by atoms with Crippen LogP contribution in [-0.2, 0) is 4.79 Å². The number of anilines is 1. The van der Waals surface area contributed by atoms with E-state index in [1.54, 1.807) is 6.07 Å². The average Bonchev–Trinajstić information content (AvgIpc) is 2.27. The van der Waals surface area contributed by atoms with Gasteiger partial charge in [0.2, 0.25) is 5.91 Å². The number of aryl methyl sites for hydroxylation is 1. The Morgan fingerprint density at radius 2 is 2.18 bits per heavy atom. The van der Waals surface area contributed by atoms with Crippen LogP contribution in [0.25, 0.3) is 0 Å². The Kier molecular flexibility index (Phi) is 6.76. The van der Waals surface area contributed by atoms with Gasteiger partial charge in [-0.25, -0.2) is 4.98 Å². The second kappa shape index (κ2) is 7.25. The maximum Gasteiger partial charge on any atom is 0.242 e. The van der Waals surface area contributed by atoms with Gasteiger partial charge in [-0.1, -0.05) is 26.3 Å². The molecule has 1 amide bonds. The molecule has 0 spiro atoms. The molecule has 0 radical (unpaired) electrons. The van der Waals surface area contributed by atoms with Crippen molar-refractivity contribution in [1.82, 2.24) is 4.98 Å². The van der Waals surface area contributed by atoms with E-state index in [2.05, 4.69) is 10.3 Å². The van der Waals surface area contributed by atoms with Crippen LogP contribution in [0.15, 0.2) is 18.2 Å². The van der Waals surface area contributed by atoms with E-state index in [4.69, 9.17) is 5.73 Å². The van der Waals surface area contributed by atoms with Crippen LogP contribution >= 0.6 is 12.4 Å².